The molecule has 1 heterocycles. The van der Waals surface area contributed by atoms with Crippen molar-refractivity contribution in [2.45, 2.75) is 38.8 Å². The Kier molecular flexibility index (Phi) is 2.96. The van der Waals surface area contributed by atoms with E-state index in [2.05, 4.69) is 37.4 Å². The standard InChI is InChI=1S/C13H19NO/c1-9(14-3)7-11-5-4-6-12-8-10(2)15-13(11)12/h4-6,9-10,14H,7-8H2,1-3H3. The van der Waals surface area contributed by atoms with Gasteiger partial charge in [-0.25, -0.2) is 0 Å². The molecule has 0 radical (unpaired) electrons. The third-order valence-electron chi connectivity index (χ3n) is 3.02. The van der Waals surface area contributed by atoms with E-state index in [4.69, 9.17) is 4.74 Å². The maximum absolute atomic E-state index is 5.86. The highest BCUT2D eigenvalue weighted by atomic mass is 16.5. The number of nitrogens with one attached hydrogen (secondary N) is 1. The summed E-state index contributed by atoms with van der Waals surface area (Å²) < 4.78 is 5.86. The second kappa shape index (κ2) is 4.23. The summed E-state index contributed by atoms with van der Waals surface area (Å²) in [6.45, 7) is 4.32. The summed E-state index contributed by atoms with van der Waals surface area (Å²) in [5, 5.41) is 3.26. The molecule has 2 heteroatoms. The van der Waals surface area contributed by atoms with Gasteiger partial charge < -0.3 is 10.1 Å². The Bertz CT molecular complexity index is 348. The molecule has 0 bridgehead atoms. The van der Waals surface area contributed by atoms with Gasteiger partial charge in [-0.2, -0.15) is 0 Å². The first-order valence-corrected chi connectivity index (χ1v) is 5.65. The number of ether oxygens (including phenoxy) is 1. The molecule has 2 atom stereocenters. The van der Waals surface area contributed by atoms with E-state index in [-0.39, 0.29) is 0 Å². The average Bonchev–Trinajstić information content (AvgIpc) is 2.59. The molecule has 82 valence electrons. The van der Waals surface area contributed by atoms with E-state index in [0.29, 0.717) is 12.1 Å². The molecule has 2 nitrogen and oxygen atoms in total. The second-order valence-electron chi connectivity index (χ2n) is 4.43. The van der Waals surface area contributed by atoms with Crippen molar-refractivity contribution >= 4 is 0 Å². The lowest BCUT2D eigenvalue weighted by Crippen LogP contribution is -2.23. The summed E-state index contributed by atoms with van der Waals surface area (Å²) in [5.74, 6) is 1.13. The van der Waals surface area contributed by atoms with Crippen LogP contribution in [0.2, 0.25) is 0 Å². The zero-order chi connectivity index (χ0) is 10.8. The molecule has 2 unspecified atom stereocenters. The first-order valence-electron chi connectivity index (χ1n) is 5.65. The largest absolute Gasteiger partial charge is 0.490 e. The zero-order valence-electron chi connectivity index (χ0n) is 9.71. The first kappa shape index (κ1) is 10.5. The number of benzene rings is 1. The van der Waals surface area contributed by atoms with E-state index in [1.807, 2.05) is 7.05 Å². The third-order valence-corrected chi connectivity index (χ3v) is 3.02. The minimum absolute atomic E-state index is 0.339. The SMILES string of the molecule is CNC(C)Cc1cccc2c1OC(C)C2. The predicted molar refractivity (Wildman–Crippen MR) is 62.5 cm³/mol. The van der Waals surface area contributed by atoms with Gasteiger partial charge in [0.05, 0.1) is 0 Å². The van der Waals surface area contributed by atoms with Gasteiger partial charge in [-0.05, 0) is 38.4 Å². The van der Waals surface area contributed by atoms with E-state index in [9.17, 15) is 0 Å². The van der Waals surface area contributed by atoms with Gasteiger partial charge in [-0.15, -0.1) is 0 Å². The molecule has 0 saturated carbocycles. The van der Waals surface area contributed by atoms with Crippen molar-refractivity contribution < 1.29 is 4.74 Å². The molecule has 15 heavy (non-hydrogen) atoms. The molecular formula is C13H19NO. The number of likely N-dealkylation sites (N-methyl/N-ethyl adjacent to an activating group) is 1. The minimum atomic E-state index is 0.339. The molecule has 0 aromatic heterocycles. The molecule has 1 N–H and O–H groups in total. The van der Waals surface area contributed by atoms with Crippen LogP contribution in [0.15, 0.2) is 18.2 Å². The molecule has 2 rings (SSSR count). The predicted octanol–water partition coefficient (Wildman–Crippen LogP) is 2.16. The van der Waals surface area contributed by atoms with Gasteiger partial charge in [-0.1, -0.05) is 18.2 Å². The van der Waals surface area contributed by atoms with Crippen LogP contribution in [0.5, 0.6) is 5.75 Å². The number of rotatable bonds is 3. The van der Waals surface area contributed by atoms with Gasteiger partial charge in [-0.3, -0.25) is 0 Å². The van der Waals surface area contributed by atoms with Crippen LogP contribution < -0.4 is 10.1 Å². The average molecular weight is 205 g/mol. The Morgan fingerprint density at radius 2 is 2.33 bits per heavy atom. The number of hydrogen-bond donors (Lipinski definition) is 1. The zero-order valence-corrected chi connectivity index (χ0v) is 9.71. The molecular weight excluding hydrogens is 186 g/mol. The Morgan fingerprint density at radius 1 is 1.53 bits per heavy atom. The normalized spacial score (nSPS) is 20.9. The quantitative estimate of drug-likeness (QED) is 0.816. The van der Waals surface area contributed by atoms with Crippen molar-refractivity contribution in [3.05, 3.63) is 29.3 Å². The molecule has 0 aliphatic carbocycles. The fraction of sp³-hybridized carbons (Fsp3) is 0.538. The van der Waals surface area contributed by atoms with Crippen molar-refractivity contribution in [3.8, 4) is 5.75 Å². The van der Waals surface area contributed by atoms with E-state index < -0.39 is 0 Å². The first-order chi connectivity index (χ1) is 7.20. The molecule has 0 fully saturated rings. The lowest BCUT2D eigenvalue weighted by atomic mass is 10.0. The highest BCUT2D eigenvalue weighted by Gasteiger charge is 2.21. The summed E-state index contributed by atoms with van der Waals surface area (Å²) in [6.07, 6.45) is 2.43. The molecule has 1 aliphatic heterocycles. The van der Waals surface area contributed by atoms with Crippen molar-refractivity contribution in [1.82, 2.24) is 5.32 Å². The Hall–Kier alpha value is -1.02. The maximum atomic E-state index is 5.86. The maximum Gasteiger partial charge on any atom is 0.126 e. The van der Waals surface area contributed by atoms with E-state index in [1.54, 1.807) is 0 Å². The van der Waals surface area contributed by atoms with Crippen molar-refractivity contribution in [2.24, 2.45) is 0 Å². The number of hydrogen-bond acceptors (Lipinski definition) is 2. The van der Waals surface area contributed by atoms with Crippen molar-refractivity contribution in [2.75, 3.05) is 7.05 Å². The highest BCUT2D eigenvalue weighted by Crippen LogP contribution is 2.32. The summed E-state index contributed by atoms with van der Waals surface area (Å²) in [4.78, 5) is 0. The topological polar surface area (TPSA) is 21.3 Å². The summed E-state index contributed by atoms with van der Waals surface area (Å²) in [6, 6.07) is 6.98. The fourth-order valence-corrected chi connectivity index (χ4v) is 2.10. The van der Waals surface area contributed by atoms with Crippen LogP contribution in [0.4, 0.5) is 0 Å². The van der Waals surface area contributed by atoms with Crippen LogP contribution in [0, 0.1) is 0 Å². The Balaban J connectivity index is 2.23. The highest BCUT2D eigenvalue weighted by molar-refractivity contribution is 5.45. The van der Waals surface area contributed by atoms with E-state index >= 15 is 0 Å². The van der Waals surface area contributed by atoms with Crippen molar-refractivity contribution in [3.63, 3.8) is 0 Å². The smallest absolute Gasteiger partial charge is 0.126 e. The lowest BCUT2D eigenvalue weighted by Gasteiger charge is -2.13. The van der Waals surface area contributed by atoms with Gasteiger partial charge >= 0.3 is 0 Å². The number of para-hydroxylation sites is 1. The Morgan fingerprint density at radius 3 is 3.07 bits per heavy atom. The second-order valence-corrected chi connectivity index (χ2v) is 4.43. The van der Waals surface area contributed by atoms with Gasteiger partial charge in [0.2, 0.25) is 0 Å². The molecule has 1 aromatic rings. The summed E-state index contributed by atoms with van der Waals surface area (Å²) >= 11 is 0. The molecule has 0 saturated heterocycles. The minimum Gasteiger partial charge on any atom is -0.490 e. The van der Waals surface area contributed by atoms with Gasteiger partial charge in [0, 0.05) is 12.5 Å². The van der Waals surface area contributed by atoms with Crippen LogP contribution in [0.1, 0.15) is 25.0 Å². The van der Waals surface area contributed by atoms with Crippen LogP contribution >= 0.6 is 0 Å². The molecule has 0 amide bonds. The van der Waals surface area contributed by atoms with Gasteiger partial charge in [0.1, 0.15) is 11.9 Å². The van der Waals surface area contributed by atoms with Crippen LogP contribution in [0.25, 0.3) is 0 Å². The molecule has 0 spiro atoms. The number of fused-ring (bicyclic) bond motifs is 1. The summed E-state index contributed by atoms with van der Waals surface area (Å²) in [7, 11) is 2.00. The van der Waals surface area contributed by atoms with Crippen molar-refractivity contribution in [1.29, 1.82) is 0 Å². The van der Waals surface area contributed by atoms with Crippen LogP contribution in [0.3, 0.4) is 0 Å². The summed E-state index contributed by atoms with van der Waals surface area (Å²) in [5.41, 5.74) is 2.70. The monoisotopic (exact) mass is 205 g/mol. The van der Waals surface area contributed by atoms with E-state index in [1.165, 1.54) is 11.1 Å². The third kappa shape index (κ3) is 2.15. The molecule has 1 aliphatic rings. The van der Waals surface area contributed by atoms with Crippen LogP contribution in [-0.2, 0) is 12.8 Å². The van der Waals surface area contributed by atoms with E-state index in [0.717, 1.165) is 18.6 Å². The van der Waals surface area contributed by atoms with Gasteiger partial charge in [0.15, 0.2) is 0 Å². The van der Waals surface area contributed by atoms with Crippen LogP contribution in [-0.4, -0.2) is 19.2 Å². The van der Waals surface area contributed by atoms with Gasteiger partial charge in [0.25, 0.3) is 0 Å². The molecule has 1 aromatic carbocycles. The lowest BCUT2D eigenvalue weighted by molar-refractivity contribution is 0.252. The fourth-order valence-electron chi connectivity index (χ4n) is 2.10. The Labute approximate surface area is 91.6 Å².